The molecule has 0 saturated carbocycles. The molecule has 0 bridgehead atoms. The Balaban J connectivity index is 1.57. The van der Waals surface area contributed by atoms with Crippen LogP contribution in [-0.2, 0) is 6.42 Å². The summed E-state index contributed by atoms with van der Waals surface area (Å²) in [6, 6.07) is 4.11. The number of alkyl halides is 3. The zero-order valence-electron chi connectivity index (χ0n) is 21.3. The third kappa shape index (κ3) is 6.55. The van der Waals surface area contributed by atoms with Crippen molar-refractivity contribution >= 4 is 6.09 Å². The largest absolute Gasteiger partial charge is 0.508 e. The number of hydrogen-bond donors (Lipinski definition) is 2. The van der Waals surface area contributed by atoms with E-state index in [2.05, 4.69) is 5.32 Å². The summed E-state index contributed by atoms with van der Waals surface area (Å²) in [5.41, 5.74) is 0.571. The number of aromatic hydroxyl groups is 1. The molecule has 0 unspecified atom stereocenters. The second-order valence-corrected chi connectivity index (χ2v) is 10.2. The number of phenolic OH excluding ortho intramolecular Hbond substituents is 1. The Kier molecular flexibility index (Phi) is 8.46. The highest BCUT2D eigenvalue weighted by atomic mass is 19.3. The summed E-state index contributed by atoms with van der Waals surface area (Å²) in [4.78, 5) is 15.7. The summed E-state index contributed by atoms with van der Waals surface area (Å²) in [7, 11) is 0. The third-order valence-electron chi connectivity index (χ3n) is 7.03. The maximum Gasteiger partial charge on any atom is 0.412 e. The number of amides is 1. The number of benzene rings is 2. The van der Waals surface area contributed by atoms with Gasteiger partial charge in [0.2, 0.25) is 0 Å². The lowest BCUT2D eigenvalue weighted by Crippen LogP contribution is -2.47. The molecule has 2 aromatic carbocycles. The molecule has 3 atom stereocenters. The van der Waals surface area contributed by atoms with Crippen molar-refractivity contribution in [1.82, 2.24) is 15.1 Å². The number of carbonyl (C=O) groups is 1. The van der Waals surface area contributed by atoms with Crippen LogP contribution < -0.4 is 10.1 Å². The monoisotopic (exact) mass is 541 g/mol. The summed E-state index contributed by atoms with van der Waals surface area (Å²) in [5.74, 6) is -5.62. The van der Waals surface area contributed by atoms with Crippen LogP contribution in [0.4, 0.5) is 26.7 Å². The van der Waals surface area contributed by atoms with Gasteiger partial charge in [-0.1, -0.05) is 6.07 Å². The van der Waals surface area contributed by atoms with E-state index in [1.807, 2.05) is 4.90 Å². The van der Waals surface area contributed by atoms with Gasteiger partial charge in [0.15, 0.2) is 0 Å². The number of ether oxygens (including phenoxy) is 1. The normalized spacial score (nSPS) is 22.3. The number of rotatable bonds is 8. The van der Waals surface area contributed by atoms with Crippen molar-refractivity contribution in [2.75, 3.05) is 32.9 Å². The van der Waals surface area contributed by atoms with E-state index in [9.17, 15) is 23.1 Å². The second kappa shape index (κ2) is 11.4. The summed E-state index contributed by atoms with van der Waals surface area (Å²) < 4.78 is 76.7. The fourth-order valence-electron chi connectivity index (χ4n) is 5.41. The molecule has 2 aromatic rings. The van der Waals surface area contributed by atoms with Gasteiger partial charge in [-0.2, -0.15) is 0 Å². The summed E-state index contributed by atoms with van der Waals surface area (Å²) in [5, 5.41) is 12.6. The first-order valence-electron chi connectivity index (χ1n) is 12.7. The van der Waals surface area contributed by atoms with Crippen molar-refractivity contribution in [2.24, 2.45) is 0 Å². The number of likely N-dealkylation sites (tertiary alicyclic amines) is 1. The molecule has 0 aliphatic carbocycles. The van der Waals surface area contributed by atoms with E-state index in [0.29, 0.717) is 50.0 Å². The Hall–Kier alpha value is -2.92. The molecule has 1 fully saturated rings. The van der Waals surface area contributed by atoms with Crippen LogP contribution in [-0.4, -0.2) is 71.9 Å². The van der Waals surface area contributed by atoms with Crippen LogP contribution in [0.1, 0.15) is 49.4 Å². The van der Waals surface area contributed by atoms with E-state index in [-0.39, 0.29) is 17.5 Å². The number of fused-ring (bicyclic) bond motifs is 1. The van der Waals surface area contributed by atoms with Crippen LogP contribution in [0.2, 0.25) is 0 Å². The lowest BCUT2D eigenvalue weighted by Gasteiger charge is -2.43. The summed E-state index contributed by atoms with van der Waals surface area (Å²) in [6.45, 7) is 3.06. The molecule has 11 heteroatoms. The van der Waals surface area contributed by atoms with Gasteiger partial charge in [-0.05, 0) is 49.4 Å². The lowest BCUT2D eigenvalue weighted by atomic mass is 9.84. The minimum atomic E-state index is -3.13. The van der Waals surface area contributed by atoms with Crippen LogP contribution in [0.25, 0.3) is 0 Å². The smallest absolute Gasteiger partial charge is 0.412 e. The maximum absolute atomic E-state index is 15.5. The summed E-state index contributed by atoms with van der Waals surface area (Å²) >= 11 is 0. The van der Waals surface area contributed by atoms with Crippen molar-refractivity contribution in [3.05, 3.63) is 58.7 Å². The van der Waals surface area contributed by atoms with Crippen molar-refractivity contribution in [3.8, 4) is 11.5 Å². The molecule has 2 aliphatic rings. The van der Waals surface area contributed by atoms with Crippen LogP contribution >= 0.6 is 0 Å². The first-order chi connectivity index (χ1) is 17.9. The topological polar surface area (TPSA) is 65.0 Å². The molecular formula is C27H32F5N3O3. The molecule has 38 heavy (non-hydrogen) atoms. The number of nitrogens with zero attached hydrogens (tertiary/aromatic N) is 2. The van der Waals surface area contributed by atoms with E-state index in [0.717, 1.165) is 19.1 Å². The van der Waals surface area contributed by atoms with Gasteiger partial charge < -0.3 is 20.1 Å². The first kappa shape index (κ1) is 28.1. The van der Waals surface area contributed by atoms with Crippen molar-refractivity contribution < 1.29 is 36.6 Å². The Morgan fingerprint density at radius 3 is 2.58 bits per heavy atom. The molecule has 2 heterocycles. The number of phenols is 1. The molecule has 1 saturated heterocycles. The molecule has 0 aromatic heterocycles. The van der Waals surface area contributed by atoms with Gasteiger partial charge >= 0.3 is 6.09 Å². The Morgan fingerprint density at radius 1 is 1.21 bits per heavy atom. The Bertz CT molecular complexity index is 1140. The van der Waals surface area contributed by atoms with E-state index in [1.165, 1.54) is 23.1 Å². The third-order valence-corrected chi connectivity index (χ3v) is 7.03. The van der Waals surface area contributed by atoms with Gasteiger partial charge in [-0.3, -0.25) is 9.29 Å². The van der Waals surface area contributed by atoms with Gasteiger partial charge in [0.05, 0.1) is 19.3 Å². The fraction of sp³-hybridized carbons (Fsp3) is 0.519. The van der Waals surface area contributed by atoms with E-state index >= 15 is 8.78 Å². The highest BCUT2D eigenvalue weighted by Gasteiger charge is 2.40. The van der Waals surface area contributed by atoms with Crippen LogP contribution in [0.5, 0.6) is 11.5 Å². The van der Waals surface area contributed by atoms with E-state index in [1.54, 1.807) is 6.92 Å². The summed E-state index contributed by atoms with van der Waals surface area (Å²) in [6.07, 6.45) is 0.470. The number of carbonyl (C=O) groups excluding carboxylic acids is 1. The van der Waals surface area contributed by atoms with E-state index < -0.39 is 54.5 Å². The molecule has 1 amide bonds. The average Bonchev–Trinajstić information content (AvgIpc) is 3.25. The van der Waals surface area contributed by atoms with Gasteiger partial charge in [-0.15, -0.1) is 0 Å². The minimum absolute atomic E-state index is 0.0347. The predicted molar refractivity (Wildman–Crippen MR) is 131 cm³/mol. The van der Waals surface area contributed by atoms with Gasteiger partial charge in [-0.25, -0.2) is 22.4 Å². The quantitative estimate of drug-likeness (QED) is 0.451. The highest BCUT2D eigenvalue weighted by molar-refractivity contribution is 5.70. The van der Waals surface area contributed by atoms with Crippen molar-refractivity contribution in [3.63, 3.8) is 0 Å². The molecule has 208 valence electrons. The second-order valence-electron chi connectivity index (χ2n) is 10.2. The molecule has 2 N–H and O–H groups in total. The van der Waals surface area contributed by atoms with Crippen LogP contribution in [0.3, 0.4) is 0 Å². The predicted octanol–water partition coefficient (Wildman–Crippen LogP) is 5.18. The van der Waals surface area contributed by atoms with Gasteiger partial charge in [0.25, 0.3) is 5.92 Å². The Morgan fingerprint density at radius 2 is 1.92 bits per heavy atom. The molecular weight excluding hydrogens is 509 g/mol. The molecule has 2 aliphatic heterocycles. The molecule has 0 radical (unpaired) electrons. The molecule has 6 nitrogen and oxygen atoms in total. The highest BCUT2D eigenvalue weighted by Crippen LogP contribution is 2.42. The number of nitrogens with one attached hydrogen (secondary N) is 1. The van der Waals surface area contributed by atoms with Gasteiger partial charge in [0.1, 0.15) is 23.1 Å². The zero-order valence-corrected chi connectivity index (χ0v) is 21.3. The average molecular weight is 542 g/mol. The first-order valence-corrected chi connectivity index (χ1v) is 12.7. The molecule has 0 spiro atoms. The van der Waals surface area contributed by atoms with Crippen LogP contribution in [0, 0.1) is 11.6 Å². The zero-order chi connectivity index (χ0) is 27.6. The fourth-order valence-corrected chi connectivity index (χ4v) is 5.41. The minimum Gasteiger partial charge on any atom is -0.508 e. The number of halogens is 5. The molecule has 4 rings (SSSR count). The van der Waals surface area contributed by atoms with E-state index in [4.69, 9.17) is 4.74 Å². The van der Waals surface area contributed by atoms with Crippen molar-refractivity contribution in [1.29, 1.82) is 0 Å². The van der Waals surface area contributed by atoms with Gasteiger partial charge in [0, 0.05) is 56.3 Å². The number of hydrogen-bond acceptors (Lipinski definition) is 5. The Labute approximate surface area is 218 Å². The van der Waals surface area contributed by atoms with Crippen LogP contribution in [0.15, 0.2) is 30.3 Å². The standard InChI is InChI=1S/C27H32F5N3O3/c1-16-10-17-11-19(36)4-5-21(17)25(35(16)15-27(2,31)32)24-22(29)12-20(13-23(24)30)38-26(37)33-18-6-9-34(14-18)8-3-7-28/h4-5,11-13,16,18,25,36H,3,6-10,14-15H2,1-2H3,(H,33,37)/t16-,18+,25+/m1/s1. The maximum atomic E-state index is 15.5. The van der Waals surface area contributed by atoms with Crippen molar-refractivity contribution in [2.45, 2.75) is 57.2 Å². The SMILES string of the molecule is C[C@@H]1Cc2cc(O)ccc2[C@@H](c2c(F)cc(OC(=O)N[C@H]3CCN(CCCF)C3)cc2F)N1CC(C)(F)F. The lowest BCUT2D eigenvalue weighted by molar-refractivity contribution is -0.0371.